The van der Waals surface area contributed by atoms with E-state index in [0.717, 1.165) is 21.8 Å². The first-order valence-electron chi connectivity index (χ1n) is 15.2. The lowest BCUT2D eigenvalue weighted by Crippen LogP contribution is -2.58. The van der Waals surface area contributed by atoms with Gasteiger partial charge in [0.2, 0.25) is 17.7 Å². The van der Waals surface area contributed by atoms with Crippen molar-refractivity contribution >= 4 is 57.4 Å². The SMILES string of the molecule is NC(N)=NCCC[C@H](N)C(=O)N[C@@H](Cc1c[nH]c2ccccc12)C(=O)N[C@@H](CC(=O)O)C(=O)N[C@@H](Cc1c[nH]c2ccccc12)C(=O)O. The molecule has 3 amide bonds. The molecule has 16 heteroatoms. The second kappa shape index (κ2) is 16.1. The van der Waals surface area contributed by atoms with Crippen molar-refractivity contribution in [2.45, 2.75) is 56.3 Å². The number of hydrogen-bond donors (Lipinski definition) is 10. The number of amides is 3. The first kappa shape index (κ1) is 35.0. The highest BCUT2D eigenvalue weighted by atomic mass is 16.4. The second-order valence-corrected chi connectivity index (χ2v) is 11.3. The third kappa shape index (κ3) is 9.32. The first-order chi connectivity index (χ1) is 22.9. The molecule has 0 saturated carbocycles. The average Bonchev–Trinajstić information content (AvgIpc) is 3.65. The van der Waals surface area contributed by atoms with Crippen molar-refractivity contribution < 1.29 is 34.2 Å². The van der Waals surface area contributed by atoms with Gasteiger partial charge in [0.25, 0.3) is 0 Å². The molecule has 0 spiro atoms. The Balaban J connectivity index is 1.52. The number of nitrogens with one attached hydrogen (secondary N) is 5. The maximum Gasteiger partial charge on any atom is 0.326 e. The highest BCUT2D eigenvalue weighted by Crippen LogP contribution is 2.21. The summed E-state index contributed by atoms with van der Waals surface area (Å²) in [5.41, 5.74) is 19.6. The number of aliphatic carboxylic acids is 2. The fourth-order valence-corrected chi connectivity index (χ4v) is 5.31. The first-order valence-corrected chi connectivity index (χ1v) is 15.2. The molecule has 0 unspecified atom stereocenters. The molecule has 0 radical (unpaired) electrons. The minimum Gasteiger partial charge on any atom is -0.481 e. The van der Waals surface area contributed by atoms with Gasteiger partial charge >= 0.3 is 11.9 Å². The fraction of sp³-hybridized carbons (Fsp3) is 0.312. The minimum atomic E-state index is -1.67. The number of benzene rings is 2. The Bertz CT molecular complexity index is 1810. The van der Waals surface area contributed by atoms with Crippen LogP contribution in [0.3, 0.4) is 0 Å². The summed E-state index contributed by atoms with van der Waals surface area (Å²) in [6.45, 7) is 0.242. The Hall–Kier alpha value is -5.90. The van der Waals surface area contributed by atoms with Gasteiger partial charge in [-0.25, -0.2) is 4.79 Å². The van der Waals surface area contributed by atoms with E-state index < -0.39 is 60.2 Å². The van der Waals surface area contributed by atoms with Crippen molar-refractivity contribution in [1.82, 2.24) is 25.9 Å². The van der Waals surface area contributed by atoms with Gasteiger partial charge in [-0.1, -0.05) is 36.4 Å². The molecule has 254 valence electrons. The van der Waals surface area contributed by atoms with Crippen molar-refractivity contribution in [2.75, 3.05) is 6.54 Å². The van der Waals surface area contributed by atoms with Gasteiger partial charge in [0, 0.05) is 53.6 Å². The zero-order chi connectivity index (χ0) is 34.8. The van der Waals surface area contributed by atoms with E-state index in [2.05, 4.69) is 30.9 Å². The Labute approximate surface area is 274 Å². The summed E-state index contributed by atoms with van der Waals surface area (Å²) in [5, 5.41) is 28.4. The number of hydrogen-bond acceptors (Lipinski definition) is 7. The zero-order valence-corrected chi connectivity index (χ0v) is 25.9. The van der Waals surface area contributed by atoms with Crippen LogP contribution in [0.4, 0.5) is 0 Å². The Morgan fingerprint density at radius 1 is 0.729 bits per heavy atom. The van der Waals surface area contributed by atoms with Crippen LogP contribution in [0.5, 0.6) is 0 Å². The number of H-pyrrole nitrogens is 2. The van der Waals surface area contributed by atoms with E-state index >= 15 is 0 Å². The van der Waals surface area contributed by atoms with Crippen LogP contribution in [-0.4, -0.2) is 86.5 Å². The van der Waals surface area contributed by atoms with Crippen LogP contribution in [0, 0.1) is 0 Å². The highest BCUT2D eigenvalue weighted by Gasteiger charge is 2.32. The summed E-state index contributed by atoms with van der Waals surface area (Å²) in [7, 11) is 0. The third-order valence-corrected chi connectivity index (χ3v) is 7.76. The van der Waals surface area contributed by atoms with Gasteiger partial charge < -0.3 is 53.3 Å². The van der Waals surface area contributed by atoms with Crippen LogP contribution < -0.4 is 33.2 Å². The standard InChI is InChI=1S/C32H39N9O7/c33-21(8-5-11-36-32(34)35)28(44)39-24(12-17-15-37-22-9-3-1-6-19(17)22)29(45)40-25(14-27(42)43)30(46)41-26(31(47)48)13-18-16-38-23-10-4-2-7-20(18)23/h1-4,6-7,9-10,15-16,21,24-26,37-38H,5,8,11-14,33H2,(H,39,44)(H,40,45)(H,41,46)(H,42,43)(H,47,48)(H4,34,35,36)/t21-,24-,25-,26-/m0/s1. The smallest absolute Gasteiger partial charge is 0.326 e. The van der Waals surface area contributed by atoms with Crippen LogP contribution >= 0.6 is 0 Å². The van der Waals surface area contributed by atoms with Crippen LogP contribution in [0.2, 0.25) is 0 Å². The molecule has 2 aromatic heterocycles. The van der Waals surface area contributed by atoms with Crippen LogP contribution in [-0.2, 0) is 36.8 Å². The highest BCUT2D eigenvalue weighted by molar-refractivity contribution is 5.96. The van der Waals surface area contributed by atoms with E-state index in [0.29, 0.717) is 17.5 Å². The molecular formula is C32H39N9O7. The number of guanidine groups is 1. The maximum absolute atomic E-state index is 13.7. The number of para-hydroxylation sites is 2. The fourth-order valence-electron chi connectivity index (χ4n) is 5.31. The largest absolute Gasteiger partial charge is 0.481 e. The minimum absolute atomic E-state index is 0.0397. The van der Waals surface area contributed by atoms with Gasteiger partial charge in [0.15, 0.2) is 5.96 Å². The van der Waals surface area contributed by atoms with Crippen molar-refractivity contribution in [2.24, 2.45) is 22.2 Å². The van der Waals surface area contributed by atoms with E-state index in [1.54, 1.807) is 24.5 Å². The van der Waals surface area contributed by atoms with Gasteiger partial charge in [-0.15, -0.1) is 0 Å². The number of nitrogens with two attached hydrogens (primary N) is 3. The zero-order valence-electron chi connectivity index (χ0n) is 25.9. The van der Waals surface area contributed by atoms with Gasteiger partial charge in [-0.3, -0.25) is 24.2 Å². The summed E-state index contributed by atoms with van der Waals surface area (Å²) in [4.78, 5) is 74.1. The predicted molar refractivity (Wildman–Crippen MR) is 178 cm³/mol. The molecule has 2 aromatic carbocycles. The lowest BCUT2D eigenvalue weighted by Gasteiger charge is -2.24. The molecule has 0 saturated heterocycles. The van der Waals surface area contributed by atoms with Crippen LogP contribution in [0.15, 0.2) is 65.9 Å². The van der Waals surface area contributed by atoms with Gasteiger partial charge in [0.05, 0.1) is 12.5 Å². The molecule has 13 N–H and O–H groups in total. The lowest BCUT2D eigenvalue weighted by atomic mass is 10.0. The van der Waals surface area contributed by atoms with E-state index in [1.165, 1.54) is 0 Å². The van der Waals surface area contributed by atoms with Crippen LogP contribution in [0.1, 0.15) is 30.4 Å². The number of fused-ring (bicyclic) bond motifs is 2. The van der Waals surface area contributed by atoms with E-state index in [-0.39, 0.29) is 31.8 Å². The Morgan fingerprint density at radius 2 is 1.23 bits per heavy atom. The van der Waals surface area contributed by atoms with E-state index in [1.807, 2.05) is 36.4 Å². The van der Waals surface area contributed by atoms with E-state index in [9.17, 15) is 34.2 Å². The number of carbonyl (C=O) groups excluding carboxylic acids is 3. The third-order valence-electron chi connectivity index (χ3n) is 7.76. The molecule has 4 atom stereocenters. The molecular weight excluding hydrogens is 622 g/mol. The molecule has 0 aliphatic heterocycles. The number of nitrogens with zero attached hydrogens (tertiary/aromatic N) is 1. The number of carbonyl (C=O) groups is 5. The summed E-state index contributed by atoms with van der Waals surface area (Å²) in [5.74, 6) is -5.43. The number of carboxylic acids is 2. The molecule has 48 heavy (non-hydrogen) atoms. The number of rotatable bonds is 17. The average molecular weight is 662 g/mol. The summed E-state index contributed by atoms with van der Waals surface area (Å²) >= 11 is 0. The summed E-state index contributed by atoms with van der Waals surface area (Å²) < 4.78 is 0. The van der Waals surface area contributed by atoms with Crippen molar-refractivity contribution in [3.63, 3.8) is 0 Å². The lowest BCUT2D eigenvalue weighted by molar-refractivity contribution is -0.143. The van der Waals surface area contributed by atoms with Gasteiger partial charge in [-0.2, -0.15) is 0 Å². The Kier molecular flexibility index (Phi) is 11.7. The number of carboxylic acid groups (broad SMARTS) is 2. The molecule has 4 aromatic rings. The summed E-state index contributed by atoms with van der Waals surface area (Å²) in [6.07, 6.45) is 2.88. The predicted octanol–water partition coefficient (Wildman–Crippen LogP) is -0.171. The number of aromatic amines is 2. The van der Waals surface area contributed by atoms with Gasteiger partial charge in [-0.05, 0) is 36.1 Å². The molecule has 16 nitrogen and oxygen atoms in total. The van der Waals surface area contributed by atoms with Crippen molar-refractivity contribution in [3.05, 3.63) is 72.1 Å². The topological polar surface area (TPSA) is 284 Å². The Morgan fingerprint density at radius 3 is 1.77 bits per heavy atom. The molecule has 0 bridgehead atoms. The molecule has 4 rings (SSSR count). The normalized spacial score (nSPS) is 13.6. The maximum atomic E-state index is 13.7. The monoisotopic (exact) mass is 661 g/mol. The van der Waals surface area contributed by atoms with Crippen LogP contribution in [0.25, 0.3) is 21.8 Å². The molecule has 0 aliphatic carbocycles. The molecule has 2 heterocycles. The van der Waals surface area contributed by atoms with Crippen molar-refractivity contribution in [1.29, 1.82) is 0 Å². The number of aliphatic imine (C=N–C) groups is 1. The molecule has 0 fully saturated rings. The van der Waals surface area contributed by atoms with Gasteiger partial charge in [0.1, 0.15) is 18.1 Å². The molecule has 0 aliphatic rings. The number of aromatic nitrogens is 2. The van der Waals surface area contributed by atoms with Crippen molar-refractivity contribution in [3.8, 4) is 0 Å². The second-order valence-electron chi connectivity index (χ2n) is 11.3. The van der Waals surface area contributed by atoms with E-state index in [4.69, 9.17) is 17.2 Å². The quantitative estimate of drug-likeness (QED) is 0.0405. The summed E-state index contributed by atoms with van der Waals surface area (Å²) in [6, 6.07) is 9.09.